The summed E-state index contributed by atoms with van der Waals surface area (Å²) in [7, 11) is -3.25. The predicted octanol–water partition coefficient (Wildman–Crippen LogP) is 2.32. The first-order valence-electron chi connectivity index (χ1n) is 7.75. The summed E-state index contributed by atoms with van der Waals surface area (Å²) in [5.41, 5.74) is 2.52. The Kier molecular flexibility index (Phi) is 5.19. The van der Waals surface area contributed by atoms with E-state index in [4.69, 9.17) is 9.72 Å². The van der Waals surface area contributed by atoms with Crippen LogP contribution in [0.15, 0.2) is 24.3 Å². The van der Waals surface area contributed by atoms with E-state index >= 15 is 0 Å². The molecule has 0 radical (unpaired) electrons. The van der Waals surface area contributed by atoms with Crippen molar-refractivity contribution in [2.75, 3.05) is 37.3 Å². The molecular formula is C16H21N3O3S2. The highest BCUT2D eigenvalue weighted by Crippen LogP contribution is 2.29. The van der Waals surface area contributed by atoms with E-state index in [2.05, 4.69) is 16.5 Å². The van der Waals surface area contributed by atoms with Crippen LogP contribution >= 0.6 is 11.3 Å². The summed E-state index contributed by atoms with van der Waals surface area (Å²) in [4.78, 5) is 8.30. The Morgan fingerprint density at radius 2 is 1.92 bits per heavy atom. The van der Waals surface area contributed by atoms with E-state index in [1.165, 1.54) is 4.88 Å². The third kappa shape index (κ3) is 4.54. The van der Waals surface area contributed by atoms with Gasteiger partial charge in [-0.2, -0.15) is 0 Å². The van der Waals surface area contributed by atoms with Crippen LogP contribution in [0.5, 0.6) is 0 Å². The van der Waals surface area contributed by atoms with E-state index < -0.39 is 10.0 Å². The van der Waals surface area contributed by atoms with Crippen LogP contribution in [0, 0.1) is 6.92 Å². The number of morpholine rings is 1. The van der Waals surface area contributed by atoms with E-state index in [-0.39, 0.29) is 0 Å². The number of ether oxygens (including phenoxy) is 1. The van der Waals surface area contributed by atoms with Crippen molar-refractivity contribution in [2.24, 2.45) is 0 Å². The monoisotopic (exact) mass is 367 g/mol. The fourth-order valence-electron chi connectivity index (χ4n) is 2.65. The molecule has 6 nitrogen and oxygen atoms in total. The van der Waals surface area contributed by atoms with Gasteiger partial charge in [0, 0.05) is 29.2 Å². The van der Waals surface area contributed by atoms with Crippen molar-refractivity contribution < 1.29 is 13.2 Å². The summed E-state index contributed by atoms with van der Waals surface area (Å²) >= 11 is 1.71. The molecule has 1 aliphatic heterocycles. The lowest BCUT2D eigenvalue weighted by Gasteiger charge is -2.25. The smallest absolute Gasteiger partial charge is 0.229 e. The number of anilines is 1. The summed E-state index contributed by atoms with van der Waals surface area (Å²) in [5, 5.41) is 1.10. The molecule has 2 heterocycles. The van der Waals surface area contributed by atoms with Gasteiger partial charge in [-0.05, 0) is 19.1 Å². The van der Waals surface area contributed by atoms with Gasteiger partial charge >= 0.3 is 0 Å². The molecule has 0 saturated carbocycles. The second-order valence-corrected chi connectivity index (χ2v) is 8.89. The maximum atomic E-state index is 11.3. The fraction of sp³-hybridized carbons (Fsp3) is 0.438. The standard InChI is InChI=1S/C16H21N3O3S2/c1-12-16(13-3-5-14(6-4-13)18-24(2,20)21)17-15(23-12)11-19-7-9-22-10-8-19/h3-6,18H,7-11H2,1-2H3. The zero-order valence-corrected chi connectivity index (χ0v) is 15.4. The molecule has 3 rings (SSSR count). The van der Waals surface area contributed by atoms with Crippen molar-refractivity contribution in [3.63, 3.8) is 0 Å². The maximum Gasteiger partial charge on any atom is 0.229 e. The maximum absolute atomic E-state index is 11.3. The topological polar surface area (TPSA) is 71.5 Å². The Labute approximate surface area is 146 Å². The number of hydrogen-bond acceptors (Lipinski definition) is 6. The van der Waals surface area contributed by atoms with Gasteiger partial charge in [0.1, 0.15) is 5.01 Å². The first-order valence-corrected chi connectivity index (χ1v) is 10.5. The van der Waals surface area contributed by atoms with E-state index in [0.717, 1.165) is 55.4 Å². The van der Waals surface area contributed by atoms with E-state index in [9.17, 15) is 8.42 Å². The van der Waals surface area contributed by atoms with Crippen LogP contribution in [0.1, 0.15) is 9.88 Å². The molecule has 0 bridgehead atoms. The molecule has 1 aliphatic rings. The molecule has 0 amide bonds. The zero-order valence-electron chi connectivity index (χ0n) is 13.8. The summed E-state index contributed by atoms with van der Waals surface area (Å²) in [6, 6.07) is 7.32. The van der Waals surface area contributed by atoms with Gasteiger partial charge in [-0.1, -0.05) is 12.1 Å². The lowest BCUT2D eigenvalue weighted by molar-refractivity contribution is 0.0342. The van der Waals surface area contributed by atoms with Crippen LogP contribution in [0.2, 0.25) is 0 Å². The third-order valence-electron chi connectivity index (χ3n) is 3.77. The molecule has 1 aromatic heterocycles. The molecule has 0 spiro atoms. The molecule has 2 aromatic rings. The average molecular weight is 367 g/mol. The molecule has 8 heteroatoms. The number of aromatic nitrogens is 1. The fourth-order valence-corrected chi connectivity index (χ4v) is 4.21. The van der Waals surface area contributed by atoms with Crippen LogP contribution in [0.4, 0.5) is 5.69 Å². The number of benzene rings is 1. The summed E-state index contributed by atoms with van der Waals surface area (Å²) in [6.07, 6.45) is 1.14. The van der Waals surface area contributed by atoms with Gasteiger partial charge in [0.05, 0.1) is 31.7 Å². The zero-order chi connectivity index (χ0) is 17.2. The lowest BCUT2D eigenvalue weighted by atomic mass is 10.1. The highest BCUT2D eigenvalue weighted by atomic mass is 32.2. The van der Waals surface area contributed by atoms with Gasteiger partial charge in [-0.3, -0.25) is 9.62 Å². The van der Waals surface area contributed by atoms with Crippen LogP contribution in [0.25, 0.3) is 11.3 Å². The van der Waals surface area contributed by atoms with E-state index in [0.29, 0.717) is 5.69 Å². The molecular weight excluding hydrogens is 346 g/mol. The number of nitrogens with one attached hydrogen (secondary N) is 1. The number of rotatable bonds is 5. The third-order valence-corrected chi connectivity index (χ3v) is 5.33. The van der Waals surface area contributed by atoms with Gasteiger partial charge in [0.25, 0.3) is 0 Å². The minimum Gasteiger partial charge on any atom is -0.379 e. The van der Waals surface area contributed by atoms with Crippen LogP contribution < -0.4 is 4.72 Å². The van der Waals surface area contributed by atoms with Crippen molar-refractivity contribution >= 4 is 27.0 Å². The molecule has 1 saturated heterocycles. The Balaban J connectivity index is 1.74. The summed E-state index contributed by atoms with van der Waals surface area (Å²) < 4.78 is 30.4. The second-order valence-electron chi connectivity index (χ2n) is 5.85. The number of thiazole rings is 1. The van der Waals surface area contributed by atoms with Gasteiger partial charge in [0.2, 0.25) is 10.0 Å². The van der Waals surface area contributed by atoms with Gasteiger partial charge < -0.3 is 4.74 Å². The molecule has 130 valence electrons. The van der Waals surface area contributed by atoms with Crippen molar-refractivity contribution in [2.45, 2.75) is 13.5 Å². The minimum atomic E-state index is -3.25. The Morgan fingerprint density at radius 1 is 1.25 bits per heavy atom. The minimum absolute atomic E-state index is 0.558. The van der Waals surface area contributed by atoms with E-state index in [1.54, 1.807) is 23.5 Å². The van der Waals surface area contributed by atoms with Crippen molar-refractivity contribution in [1.82, 2.24) is 9.88 Å². The first kappa shape index (κ1) is 17.3. The van der Waals surface area contributed by atoms with Gasteiger partial charge in [-0.25, -0.2) is 13.4 Å². The second kappa shape index (κ2) is 7.18. The molecule has 1 N–H and O–H groups in total. The number of hydrogen-bond donors (Lipinski definition) is 1. The Morgan fingerprint density at radius 3 is 2.54 bits per heavy atom. The lowest BCUT2D eigenvalue weighted by Crippen LogP contribution is -2.35. The highest BCUT2D eigenvalue weighted by molar-refractivity contribution is 7.92. The van der Waals surface area contributed by atoms with Crippen molar-refractivity contribution in [3.05, 3.63) is 34.2 Å². The molecule has 0 atom stereocenters. The average Bonchev–Trinajstić information content (AvgIpc) is 2.88. The van der Waals surface area contributed by atoms with Crippen LogP contribution in [-0.2, 0) is 21.3 Å². The molecule has 1 aromatic carbocycles. The van der Waals surface area contributed by atoms with Crippen molar-refractivity contribution in [1.29, 1.82) is 0 Å². The normalized spacial score (nSPS) is 16.2. The molecule has 24 heavy (non-hydrogen) atoms. The van der Waals surface area contributed by atoms with Gasteiger partial charge in [-0.15, -0.1) is 11.3 Å². The van der Waals surface area contributed by atoms with Crippen LogP contribution in [-0.4, -0.2) is 50.9 Å². The quantitative estimate of drug-likeness (QED) is 0.878. The van der Waals surface area contributed by atoms with E-state index in [1.807, 2.05) is 12.1 Å². The Bertz CT molecular complexity index is 794. The summed E-state index contributed by atoms with van der Waals surface area (Å²) in [5.74, 6) is 0. The van der Waals surface area contributed by atoms with Crippen molar-refractivity contribution in [3.8, 4) is 11.3 Å². The summed E-state index contributed by atoms with van der Waals surface area (Å²) in [6.45, 7) is 6.37. The Hall–Kier alpha value is -1.48. The SMILES string of the molecule is Cc1sc(CN2CCOCC2)nc1-c1ccc(NS(C)(=O)=O)cc1. The number of sulfonamides is 1. The van der Waals surface area contributed by atoms with Gasteiger partial charge in [0.15, 0.2) is 0 Å². The van der Waals surface area contributed by atoms with Crippen LogP contribution in [0.3, 0.4) is 0 Å². The number of nitrogens with zero attached hydrogens (tertiary/aromatic N) is 2. The predicted molar refractivity (Wildman–Crippen MR) is 96.8 cm³/mol. The molecule has 0 unspecified atom stereocenters. The largest absolute Gasteiger partial charge is 0.379 e. The highest BCUT2D eigenvalue weighted by Gasteiger charge is 2.15. The molecule has 1 fully saturated rings. The number of aryl methyl sites for hydroxylation is 1. The molecule has 0 aliphatic carbocycles. The first-order chi connectivity index (χ1) is 11.4.